The molecule has 0 aromatic heterocycles. The molecular weight excluding hydrogens is 457 g/mol. The predicted molar refractivity (Wildman–Crippen MR) is 142 cm³/mol. The molecular formula is C32H41F3O. The molecule has 2 aromatic carbocycles. The summed E-state index contributed by atoms with van der Waals surface area (Å²) in [4.78, 5) is 0. The highest BCUT2D eigenvalue weighted by molar-refractivity contribution is 5.67. The van der Waals surface area contributed by atoms with E-state index in [9.17, 15) is 4.39 Å². The number of hydrogen-bond acceptors (Lipinski definition) is 1. The summed E-state index contributed by atoms with van der Waals surface area (Å²) in [6.07, 6.45) is 13.8. The maximum atomic E-state index is 15.1. The minimum absolute atomic E-state index is 0.0520. The Hall–Kier alpha value is -2.23. The van der Waals surface area contributed by atoms with Crippen LogP contribution in [0.1, 0.15) is 119 Å². The molecule has 0 bridgehead atoms. The molecule has 1 fully saturated rings. The Balaban J connectivity index is 1.36. The van der Waals surface area contributed by atoms with Crippen molar-refractivity contribution < 1.29 is 17.9 Å². The van der Waals surface area contributed by atoms with Gasteiger partial charge in [-0.3, -0.25) is 0 Å². The first-order valence-corrected chi connectivity index (χ1v) is 14.1. The predicted octanol–water partition coefficient (Wildman–Crippen LogP) is 10.1. The van der Waals surface area contributed by atoms with Crippen molar-refractivity contribution >= 4 is 5.57 Å². The van der Waals surface area contributed by atoms with E-state index in [4.69, 9.17) is 4.74 Å². The number of ether oxygens (including phenoxy) is 1. The molecule has 2 aliphatic rings. The lowest BCUT2D eigenvalue weighted by Crippen LogP contribution is -2.14. The topological polar surface area (TPSA) is 9.23 Å². The average molecular weight is 499 g/mol. The molecule has 2 aliphatic carbocycles. The molecule has 196 valence electrons. The van der Waals surface area contributed by atoms with E-state index in [0.717, 1.165) is 56.1 Å². The van der Waals surface area contributed by atoms with Crippen LogP contribution in [0.25, 0.3) is 5.57 Å². The monoisotopic (exact) mass is 498 g/mol. The second kappa shape index (κ2) is 12.8. The maximum absolute atomic E-state index is 15.1. The Morgan fingerprint density at radius 2 is 1.50 bits per heavy atom. The smallest absolute Gasteiger partial charge is 0.165 e. The molecule has 0 radical (unpaired) electrons. The molecule has 0 amide bonds. The number of hydrogen-bond donors (Lipinski definition) is 0. The van der Waals surface area contributed by atoms with Crippen molar-refractivity contribution in [2.75, 3.05) is 6.61 Å². The van der Waals surface area contributed by atoms with E-state index >= 15 is 8.78 Å². The first-order chi connectivity index (χ1) is 17.5. The maximum Gasteiger partial charge on any atom is 0.165 e. The Labute approximate surface area is 215 Å². The van der Waals surface area contributed by atoms with Crippen LogP contribution < -0.4 is 4.74 Å². The zero-order valence-corrected chi connectivity index (χ0v) is 21.9. The van der Waals surface area contributed by atoms with E-state index in [2.05, 4.69) is 19.9 Å². The SMILES string of the molecule is CCCCCCCOc1ccc(C2=CCC(c3ccc(C4CCC(C)CC4)c(F)c3F)CC2)cc1F. The van der Waals surface area contributed by atoms with E-state index in [-0.39, 0.29) is 17.7 Å². The fourth-order valence-corrected chi connectivity index (χ4v) is 5.87. The van der Waals surface area contributed by atoms with Crippen LogP contribution in [0.2, 0.25) is 0 Å². The molecule has 0 spiro atoms. The number of benzene rings is 2. The van der Waals surface area contributed by atoms with Crippen molar-refractivity contribution in [1.82, 2.24) is 0 Å². The third-order valence-corrected chi connectivity index (χ3v) is 8.26. The summed E-state index contributed by atoms with van der Waals surface area (Å²) < 4.78 is 50.5. The Kier molecular flexibility index (Phi) is 9.56. The van der Waals surface area contributed by atoms with Gasteiger partial charge in [0.25, 0.3) is 0 Å². The minimum Gasteiger partial charge on any atom is -0.491 e. The van der Waals surface area contributed by atoms with Crippen molar-refractivity contribution in [2.45, 2.75) is 103 Å². The second-order valence-electron chi connectivity index (χ2n) is 10.9. The molecule has 1 unspecified atom stereocenters. The first-order valence-electron chi connectivity index (χ1n) is 14.1. The van der Waals surface area contributed by atoms with Gasteiger partial charge in [0, 0.05) is 0 Å². The summed E-state index contributed by atoms with van der Waals surface area (Å²) in [6.45, 7) is 4.95. The summed E-state index contributed by atoms with van der Waals surface area (Å²) in [5.74, 6) is -0.609. The van der Waals surface area contributed by atoms with E-state index in [1.54, 1.807) is 12.1 Å². The summed E-state index contributed by atoms with van der Waals surface area (Å²) in [5.41, 5.74) is 2.93. The quantitative estimate of drug-likeness (QED) is 0.296. The lowest BCUT2D eigenvalue weighted by molar-refractivity contribution is 0.290. The molecule has 4 rings (SSSR count). The fraction of sp³-hybridized carbons (Fsp3) is 0.562. The Morgan fingerprint density at radius 1 is 0.806 bits per heavy atom. The molecule has 36 heavy (non-hydrogen) atoms. The van der Waals surface area contributed by atoms with Crippen LogP contribution >= 0.6 is 0 Å². The molecule has 1 nitrogen and oxygen atoms in total. The highest BCUT2D eigenvalue weighted by atomic mass is 19.2. The van der Waals surface area contributed by atoms with E-state index < -0.39 is 11.6 Å². The van der Waals surface area contributed by atoms with Gasteiger partial charge in [-0.2, -0.15) is 0 Å². The fourth-order valence-electron chi connectivity index (χ4n) is 5.87. The van der Waals surface area contributed by atoms with Crippen molar-refractivity contribution in [3.05, 3.63) is 70.5 Å². The highest BCUT2D eigenvalue weighted by Crippen LogP contribution is 2.41. The van der Waals surface area contributed by atoms with Crippen molar-refractivity contribution in [3.63, 3.8) is 0 Å². The summed E-state index contributed by atoms with van der Waals surface area (Å²) in [5, 5.41) is 0. The summed E-state index contributed by atoms with van der Waals surface area (Å²) >= 11 is 0. The van der Waals surface area contributed by atoms with E-state index in [1.807, 2.05) is 18.2 Å². The lowest BCUT2D eigenvalue weighted by Gasteiger charge is -2.28. The van der Waals surface area contributed by atoms with Gasteiger partial charge in [-0.05, 0) is 90.7 Å². The van der Waals surface area contributed by atoms with Gasteiger partial charge in [-0.25, -0.2) is 13.2 Å². The van der Waals surface area contributed by atoms with E-state index in [1.165, 1.54) is 19.3 Å². The molecule has 2 aromatic rings. The second-order valence-corrected chi connectivity index (χ2v) is 10.9. The lowest BCUT2D eigenvalue weighted by atomic mass is 9.78. The Bertz CT molecular complexity index is 1040. The van der Waals surface area contributed by atoms with Crippen LogP contribution in [0.4, 0.5) is 13.2 Å². The molecule has 4 heteroatoms. The van der Waals surface area contributed by atoms with Crippen LogP contribution in [0.5, 0.6) is 5.75 Å². The molecule has 0 saturated heterocycles. The Morgan fingerprint density at radius 3 is 2.14 bits per heavy atom. The van der Waals surface area contributed by atoms with Gasteiger partial charge in [0.1, 0.15) is 0 Å². The average Bonchev–Trinajstić information content (AvgIpc) is 2.89. The number of rotatable bonds is 10. The van der Waals surface area contributed by atoms with E-state index in [0.29, 0.717) is 42.2 Å². The van der Waals surface area contributed by atoms with Gasteiger partial charge >= 0.3 is 0 Å². The van der Waals surface area contributed by atoms with Crippen molar-refractivity contribution in [3.8, 4) is 5.75 Å². The number of unbranched alkanes of at least 4 members (excludes halogenated alkanes) is 4. The normalized spacial score (nSPS) is 22.4. The van der Waals surface area contributed by atoms with Gasteiger partial charge < -0.3 is 4.74 Å². The van der Waals surface area contributed by atoms with Gasteiger partial charge in [-0.1, -0.05) is 76.6 Å². The van der Waals surface area contributed by atoms with Crippen LogP contribution in [0, 0.1) is 23.4 Å². The number of allylic oxidation sites excluding steroid dienone is 2. The standard InChI is InChI=1S/C32H41F3O/c1-3-4-5-6-7-20-36-30-19-16-26(21-29(30)33)23-12-14-25(15-13-23)28-18-17-27(31(34)32(28)35)24-10-8-22(2)9-11-24/h12,16-19,21-22,24-25H,3-11,13-15,20H2,1-2H3. The zero-order valence-electron chi connectivity index (χ0n) is 21.9. The van der Waals surface area contributed by atoms with Gasteiger partial charge in [-0.15, -0.1) is 0 Å². The van der Waals surface area contributed by atoms with Crippen LogP contribution in [0.3, 0.4) is 0 Å². The zero-order chi connectivity index (χ0) is 25.5. The van der Waals surface area contributed by atoms with Crippen molar-refractivity contribution in [1.29, 1.82) is 0 Å². The van der Waals surface area contributed by atoms with Gasteiger partial charge in [0.15, 0.2) is 23.2 Å². The third kappa shape index (κ3) is 6.55. The molecule has 0 N–H and O–H groups in total. The van der Waals surface area contributed by atoms with Crippen LogP contribution in [0.15, 0.2) is 36.4 Å². The third-order valence-electron chi connectivity index (χ3n) is 8.26. The molecule has 1 saturated carbocycles. The largest absolute Gasteiger partial charge is 0.491 e. The van der Waals surface area contributed by atoms with Crippen LogP contribution in [-0.4, -0.2) is 6.61 Å². The summed E-state index contributed by atoms with van der Waals surface area (Å²) in [7, 11) is 0. The van der Waals surface area contributed by atoms with Gasteiger partial charge in [0.2, 0.25) is 0 Å². The van der Waals surface area contributed by atoms with Crippen molar-refractivity contribution in [2.24, 2.45) is 5.92 Å². The minimum atomic E-state index is -0.671. The summed E-state index contributed by atoms with van der Waals surface area (Å²) in [6, 6.07) is 8.79. The highest BCUT2D eigenvalue weighted by Gasteiger charge is 2.27. The van der Waals surface area contributed by atoms with Crippen LogP contribution in [-0.2, 0) is 0 Å². The van der Waals surface area contributed by atoms with Gasteiger partial charge in [0.05, 0.1) is 6.61 Å². The molecule has 0 aliphatic heterocycles. The molecule has 0 heterocycles. The first kappa shape index (κ1) is 26.8. The molecule has 1 atom stereocenters. The number of halogens is 3.